The number of hydrogen-bond donors (Lipinski definition) is 2. The Kier molecular flexibility index (Phi) is 10.2. The Balaban J connectivity index is 0.00000341. The summed E-state index contributed by atoms with van der Waals surface area (Å²) in [6.07, 6.45) is 7.04. The molecule has 1 aliphatic rings. The van der Waals surface area contributed by atoms with Crippen molar-refractivity contribution in [3.05, 3.63) is 36.2 Å². The number of hydrogen-bond acceptors (Lipinski definition) is 5. The molecule has 2 N–H and O–H groups in total. The molecule has 1 aromatic carbocycles. The summed E-state index contributed by atoms with van der Waals surface area (Å²) in [6.45, 7) is 5.62. The maximum absolute atomic E-state index is 5.41. The third kappa shape index (κ3) is 7.48. The molecular weight excluding hydrogens is 507 g/mol. The van der Waals surface area contributed by atoms with E-state index in [4.69, 9.17) is 14.5 Å². The predicted molar refractivity (Wildman–Crippen MR) is 136 cm³/mol. The van der Waals surface area contributed by atoms with Crippen molar-refractivity contribution in [3.63, 3.8) is 0 Å². The van der Waals surface area contributed by atoms with Crippen molar-refractivity contribution in [1.82, 2.24) is 20.4 Å². The molecule has 0 radical (unpaired) electrons. The SMILES string of the molecule is CCNC(=NCCCc1cnn(C)c1)NC1CCN(c2cc(OC)cc(OC)c2)C1.I. The lowest BCUT2D eigenvalue weighted by Gasteiger charge is -2.21. The number of aliphatic imine (C=N–C) groups is 1. The van der Waals surface area contributed by atoms with Gasteiger partial charge in [-0.25, -0.2) is 0 Å². The summed E-state index contributed by atoms with van der Waals surface area (Å²) in [7, 11) is 5.31. The Morgan fingerprint density at radius 2 is 1.97 bits per heavy atom. The summed E-state index contributed by atoms with van der Waals surface area (Å²) in [5, 5.41) is 11.2. The molecule has 0 saturated carbocycles. The van der Waals surface area contributed by atoms with E-state index in [1.54, 1.807) is 14.2 Å². The van der Waals surface area contributed by atoms with Crippen LogP contribution in [0.5, 0.6) is 11.5 Å². The number of aryl methyl sites for hydroxylation is 2. The highest BCUT2D eigenvalue weighted by atomic mass is 127. The molecule has 0 amide bonds. The first-order valence-corrected chi connectivity index (χ1v) is 10.6. The summed E-state index contributed by atoms with van der Waals surface area (Å²) in [6, 6.07) is 6.36. The number of nitrogens with one attached hydrogen (secondary N) is 2. The van der Waals surface area contributed by atoms with Gasteiger partial charge < -0.3 is 25.0 Å². The first-order chi connectivity index (χ1) is 14.6. The minimum Gasteiger partial charge on any atom is -0.497 e. The van der Waals surface area contributed by atoms with Crippen molar-refractivity contribution in [2.75, 3.05) is 45.3 Å². The summed E-state index contributed by atoms with van der Waals surface area (Å²) < 4.78 is 12.7. The molecule has 0 bridgehead atoms. The van der Waals surface area contributed by atoms with Crippen LogP contribution < -0.4 is 25.0 Å². The molecular formula is C22H35IN6O2. The number of nitrogens with zero attached hydrogens (tertiary/aromatic N) is 4. The number of methoxy groups -OCH3 is 2. The van der Waals surface area contributed by atoms with Crippen LogP contribution in [0.3, 0.4) is 0 Å². The quantitative estimate of drug-likeness (QED) is 0.220. The second-order valence-electron chi connectivity index (χ2n) is 7.53. The lowest BCUT2D eigenvalue weighted by atomic mass is 10.2. The van der Waals surface area contributed by atoms with Gasteiger partial charge in [-0.2, -0.15) is 5.10 Å². The first kappa shape index (κ1) is 25.1. The fourth-order valence-electron chi connectivity index (χ4n) is 3.68. The predicted octanol–water partition coefficient (Wildman–Crippen LogP) is 2.82. The van der Waals surface area contributed by atoms with Gasteiger partial charge in [-0.1, -0.05) is 0 Å². The Morgan fingerprint density at radius 3 is 2.58 bits per heavy atom. The van der Waals surface area contributed by atoms with E-state index in [0.717, 1.165) is 68.6 Å². The topological polar surface area (TPSA) is 75.9 Å². The van der Waals surface area contributed by atoms with Gasteiger partial charge in [0.2, 0.25) is 0 Å². The van der Waals surface area contributed by atoms with Gasteiger partial charge in [0.25, 0.3) is 0 Å². The molecule has 1 aromatic heterocycles. The van der Waals surface area contributed by atoms with Crippen molar-refractivity contribution in [1.29, 1.82) is 0 Å². The van der Waals surface area contributed by atoms with Crippen molar-refractivity contribution in [2.24, 2.45) is 12.0 Å². The number of benzene rings is 1. The number of aromatic nitrogens is 2. The zero-order valence-electron chi connectivity index (χ0n) is 18.9. The van der Waals surface area contributed by atoms with Gasteiger partial charge in [0, 0.05) is 69.4 Å². The molecule has 2 heterocycles. The fraction of sp³-hybridized carbons (Fsp3) is 0.545. The summed E-state index contributed by atoms with van der Waals surface area (Å²) >= 11 is 0. The molecule has 1 unspecified atom stereocenters. The number of halogens is 1. The molecule has 172 valence electrons. The third-order valence-corrected chi connectivity index (χ3v) is 5.23. The second-order valence-corrected chi connectivity index (χ2v) is 7.53. The van der Waals surface area contributed by atoms with Crippen LogP contribution >= 0.6 is 24.0 Å². The van der Waals surface area contributed by atoms with E-state index in [9.17, 15) is 0 Å². The fourth-order valence-corrected chi connectivity index (χ4v) is 3.68. The standard InChI is InChI=1S/C22H34N6O2.HI/c1-5-23-22(24-9-6-7-17-14-25-27(2)15-17)26-18-8-10-28(16-18)19-11-20(29-3)13-21(12-19)30-4;/h11-15,18H,5-10,16H2,1-4H3,(H2,23,24,26);1H. The van der Waals surface area contributed by atoms with Gasteiger partial charge in [0.05, 0.1) is 20.4 Å². The Labute approximate surface area is 202 Å². The molecule has 8 nitrogen and oxygen atoms in total. The van der Waals surface area contributed by atoms with Crippen LogP contribution in [0.15, 0.2) is 35.6 Å². The molecule has 31 heavy (non-hydrogen) atoms. The minimum atomic E-state index is 0. The van der Waals surface area contributed by atoms with E-state index in [1.807, 2.05) is 24.0 Å². The highest BCUT2D eigenvalue weighted by Crippen LogP contribution is 2.30. The number of anilines is 1. The van der Waals surface area contributed by atoms with Gasteiger partial charge in [0.15, 0.2) is 5.96 Å². The molecule has 1 aliphatic heterocycles. The van der Waals surface area contributed by atoms with Crippen LogP contribution in [0.2, 0.25) is 0 Å². The van der Waals surface area contributed by atoms with Crippen LogP contribution in [0.4, 0.5) is 5.69 Å². The summed E-state index contributed by atoms with van der Waals surface area (Å²) in [4.78, 5) is 7.12. The highest BCUT2D eigenvalue weighted by Gasteiger charge is 2.24. The molecule has 1 atom stereocenters. The van der Waals surface area contributed by atoms with Crippen molar-refractivity contribution in [2.45, 2.75) is 32.2 Å². The number of guanidine groups is 1. The smallest absolute Gasteiger partial charge is 0.191 e. The van der Waals surface area contributed by atoms with Crippen molar-refractivity contribution >= 4 is 35.6 Å². The third-order valence-electron chi connectivity index (χ3n) is 5.23. The maximum Gasteiger partial charge on any atom is 0.191 e. The van der Waals surface area contributed by atoms with Crippen LogP contribution in [0.25, 0.3) is 0 Å². The molecule has 3 rings (SSSR count). The largest absolute Gasteiger partial charge is 0.497 e. The maximum atomic E-state index is 5.41. The van der Waals surface area contributed by atoms with Gasteiger partial charge in [-0.3, -0.25) is 9.67 Å². The average Bonchev–Trinajstić information content (AvgIpc) is 3.39. The van der Waals surface area contributed by atoms with Crippen LogP contribution in [0.1, 0.15) is 25.3 Å². The molecule has 1 saturated heterocycles. The minimum absolute atomic E-state index is 0. The van der Waals surface area contributed by atoms with Gasteiger partial charge >= 0.3 is 0 Å². The normalized spacial score (nSPS) is 16.1. The highest BCUT2D eigenvalue weighted by molar-refractivity contribution is 14.0. The lowest BCUT2D eigenvalue weighted by molar-refractivity contribution is 0.394. The van der Waals surface area contributed by atoms with Crippen LogP contribution in [-0.4, -0.2) is 62.2 Å². The van der Waals surface area contributed by atoms with Crippen LogP contribution in [0, 0.1) is 0 Å². The number of ether oxygens (including phenoxy) is 2. The summed E-state index contributed by atoms with van der Waals surface area (Å²) in [5.74, 6) is 2.51. The molecule has 0 aliphatic carbocycles. The Bertz CT molecular complexity index is 819. The van der Waals surface area contributed by atoms with E-state index < -0.39 is 0 Å². The van der Waals surface area contributed by atoms with E-state index in [2.05, 4.69) is 45.9 Å². The van der Waals surface area contributed by atoms with Gasteiger partial charge in [-0.05, 0) is 31.7 Å². The summed E-state index contributed by atoms with van der Waals surface area (Å²) in [5.41, 5.74) is 2.37. The Morgan fingerprint density at radius 1 is 1.23 bits per heavy atom. The van der Waals surface area contributed by atoms with E-state index in [0.29, 0.717) is 6.04 Å². The molecule has 1 fully saturated rings. The van der Waals surface area contributed by atoms with Gasteiger partial charge in [-0.15, -0.1) is 24.0 Å². The van der Waals surface area contributed by atoms with E-state index >= 15 is 0 Å². The average molecular weight is 542 g/mol. The van der Waals surface area contributed by atoms with E-state index in [1.165, 1.54) is 5.56 Å². The van der Waals surface area contributed by atoms with Crippen molar-refractivity contribution < 1.29 is 9.47 Å². The second kappa shape index (κ2) is 12.6. The van der Waals surface area contributed by atoms with Crippen molar-refractivity contribution in [3.8, 4) is 11.5 Å². The molecule has 2 aromatic rings. The monoisotopic (exact) mass is 542 g/mol. The van der Waals surface area contributed by atoms with Gasteiger partial charge in [0.1, 0.15) is 11.5 Å². The lowest BCUT2D eigenvalue weighted by Crippen LogP contribution is -2.44. The first-order valence-electron chi connectivity index (χ1n) is 10.6. The van der Waals surface area contributed by atoms with Crippen LogP contribution in [-0.2, 0) is 13.5 Å². The van der Waals surface area contributed by atoms with E-state index in [-0.39, 0.29) is 24.0 Å². The molecule has 0 spiro atoms. The Hall–Kier alpha value is -2.17. The molecule has 9 heteroatoms. The zero-order valence-corrected chi connectivity index (χ0v) is 21.3. The number of rotatable bonds is 9. The zero-order chi connectivity index (χ0) is 21.3.